The average Bonchev–Trinajstić information content (AvgIpc) is 3.04. The lowest BCUT2D eigenvalue weighted by Gasteiger charge is -2.31. The molecule has 3 aromatic rings. The van der Waals surface area contributed by atoms with E-state index in [-0.39, 0.29) is 12.4 Å². The Hall–Kier alpha value is -2.11. The van der Waals surface area contributed by atoms with Crippen LogP contribution in [0.5, 0.6) is 0 Å². The monoisotopic (exact) mass is 315 g/mol. The molecule has 22 heavy (non-hydrogen) atoms. The standard InChI is InChI=1S/C16H17N5.ClH/c1-2-4-12(5-3-1)13-10-18-16-14(11-19-20-16)15(13)21-8-6-17-7-9-21;/h1-5,10-11,17H,6-9H2,(H,18,19,20);1H. The maximum Gasteiger partial charge on any atom is 0.157 e. The van der Waals surface area contributed by atoms with E-state index in [4.69, 9.17) is 0 Å². The predicted octanol–water partition coefficient (Wildman–Crippen LogP) is 2.46. The van der Waals surface area contributed by atoms with Crippen molar-refractivity contribution in [3.63, 3.8) is 0 Å². The van der Waals surface area contributed by atoms with Crippen molar-refractivity contribution in [1.82, 2.24) is 20.5 Å². The Labute approximate surface area is 135 Å². The van der Waals surface area contributed by atoms with Crippen LogP contribution in [0.15, 0.2) is 42.7 Å². The van der Waals surface area contributed by atoms with Crippen LogP contribution in [0, 0.1) is 0 Å². The third-order valence-electron chi connectivity index (χ3n) is 3.97. The Morgan fingerprint density at radius 2 is 1.77 bits per heavy atom. The molecule has 0 amide bonds. The number of nitrogens with one attached hydrogen (secondary N) is 2. The van der Waals surface area contributed by atoms with E-state index in [1.165, 1.54) is 16.8 Å². The highest BCUT2D eigenvalue weighted by Gasteiger charge is 2.19. The molecule has 1 saturated heterocycles. The molecule has 0 aliphatic carbocycles. The summed E-state index contributed by atoms with van der Waals surface area (Å²) in [6.07, 6.45) is 3.83. The normalized spacial score (nSPS) is 14.8. The van der Waals surface area contributed by atoms with Gasteiger partial charge in [0.2, 0.25) is 0 Å². The zero-order chi connectivity index (χ0) is 14.1. The fourth-order valence-electron chi connectivity index (χ4n) is 2.94. The first-order valence-corrected chi connectivity index (χ1v) is 7.26. The quantitative estimate of drug-likeness (QED) is 0.763. The van der Waals surface area contributed by atoms with Crippen LogP contribution in [0.25, 0.3) is 22.2 Å². The molecule has 2 N–H and O–H groups in total. The van der Waals surface area contributed by atoms with Crippen molar-refractivity contribution in [2.45, 2.75) is 0 Å². The Morgan fingerprint density at radius 1 is 1.00 bits per heavy atom. The van der Waals surface area contributed by atoms with Gasteiger partial charge in [0.15, 0.2) is 5.65 Å². The summed E-state index contributed by atoms with van der Waals surface area (Å²) in [6.45, 7) is 4.03. The van der Waals surface area contributed by atoms with Gasteiger partial charge >= 0.3 is 0 Å². The number of H-pyrrole nitrogens is 1. The van der Waals surface area contributed by atoms with E-state index in [1.54, 1.807) is 0 Å². The number of rotatable bonds is 2. The second-order valence-electron chi connectivity index (χ2n) is 5.26. The molecule has 1 fully saturated rings. The van der Waals surface area contributed by atoms with Crippen LogP contribution >= 0.6 is 12.4 Å². The number of aromatic amines is 1. The number of anilines is 1. The fraction of sp³-hybridized carbons (Fsp3) is 0.250. The van der Waals surface area contributed by atoms with Crippen molar-refractivity contribution in [2.75, 3.05) is 31.1 Å². The van der Waals surface area contributed by atoms with Crippen molar-refractivity contribution < 1.29 is 0 Å². The molecule has 0 saturated carbocycles. The highest BCUT2D eigenvalue weighted by atomic mass is 35.5. The Balaban J connectivity index is 0.00000144. The number of pyridine rings is 1. The van der Waals surface area contributed by atoms with Crippen molar-refractivity contribution >= 4 is 29.1 Å². The Morgan fingerprint density at radius 3 is 2.55 bits per heavy atom. The molecule has 0 unspecified atom stereocenters. The molecule has 0 spiro atoms. The van der Waals surface area contributed by atoms with Crippen LogP contribution in [-0.4, -0.2) is 41.4 Å². The first-order chi connectivity index (χ1) is 10.4. The Bertz CT molecular complexity index is 750. The van der Waals surface area contributed by atoms with Crippen molar-refractivity contribution in [3.05, 3.63) is 42.7 Å². The maximum absolute atomic E-state index is 4.51. The van der Waals surface area contributed by atoms with E-state index < -0.39 is 0 Å². The largest absolute Gasteiger partial charge is 0.368 e. The third kappa shape index (κ3) is 2.53. The first-order valence-electron chi connectivity index (χ1n) is 7.26. The number of hydrogen-bond acceptors (Lipinski definition) is 4. The zero-order valence-electron chi connectivity index (χ0n) is 12.1. The lowest BCUT2D eigenvalue weighted by Crippen LogP contribution is -2.43. The van der Waals surface area contributed by atoms with Gasteiger partial charge < -0.3 is 10.2 Å². The molecule has 5 nitrogen and oxygen atoms in total. The molecule has 1 aromatic carbocycles. The number of hydrogen-bond donors (Lipinski definition) is 2. The number of halogens is 1. The summed E-state index contributed by atoms with van der Waals surface area (Å²) in [5.41, 5.74) is 4.46. The summed E-state index contributed by atoms with van der Waals surface area (Å²) < 4.78 is 0. The number of fused-ring (bicyclic) bond motifs is 1. The summed E-state index contributed by atoms with van der Waals surface area (Å²) in [5, 5.41) is 11.6. The van der Waals surface area contributed by atoms with Gasteiger partial charge in [-0.05, 0) is 5.56 Å². The van der Waals surface area contributed by atoms with Gasteiger partial charge in [0, 0.05) is 37.9 Å². The van der Waals surface area contributed by atoms with E-state index in [9.17, 15) is 0 Å². The van der Waals surface area contributed by atoms with Gasteiger partial charge in [-0.25, -0.2) is 4.98 Å². The zero-order valence-corrected chi connectivity index (χ0v) is 12.9. The number of aromatic nitrogens is 3. The molecule has 3 heterocycles. The SMILES string of the molecule is Cl.c1ccc(-c2cnc3[nH]ncc3c2N2CCNCC2)cc1. The maximum atomic E-state index is 4.51. The van der Waals surface area contributed by atoms with E-state index in [1.807, 2.05) is 18.5 Å². The molecule has 1 aliphatic heterocycles. The second kappa shape index (κ2) is 6.34. The average molecular weight is 316 g/mol. The molecule has 0 radical (unpaired) electrons. The number of piperazine rings is 1. The summed E-state index contributed by atoms with van der Waals surface area (Å²) >= 11 is 0. The van der Waals surface area contributed by atoms with Crippen LogP contribution in [0.1, 0.15) is 0 Å². The minimum absolute atomic E-state index is 0. The van der Waals surface area contributed by atoms with Gasteiger partial charge in [0.1, 0.15) is 0 Å². The lowest BCUT2D eigenvalue weighted by atomic mass is 10.0. The molecule has 0 bridgehead atoms. The highest BCUT2D eigenvalue weighted by molar-refractivity contribution is 5.98. The van der Waals surface area contributed by atoms with E-state index in [2.05, 4.69) is 49.7 Å². The predicted molar refractivity (Wildman–Crippen MR) is 91.7 cm³/mol. The molecule has 114 valence electrons. The van der Waals surface area contributed by atoms with Gasteiger partial charge in [0.05, 0.1) is 17.3 Å². The molecule has 1 aliphatic rings. The van der Waals surface area contributed by atoms with E-state index in [0.29, 0.717) is 0 Å². The molecular formula is C16H18ClN5. The van der Waals surface area contributed by atoms with Crippen LogP contribution in [0.2, 0.25) is 0 Å². The number of benzene rings is 1. The topological polar surface area (TPSA) is 56.8 Å². The van der Waals surface area contributed by atoms with Gasteiger partial charge in [-0.2, -0.15) is 5.10 Å². The third-order valence-corrected chi connectivity index (χ3v) is 3.97. The van der Waals surface area contributed by atoms with Crippen molar-refractivity contribution in [1.29, 1.82) is 0 Å². The molecule has 0 atom stereocenters. The van der Waals surface area contributed by atoms with Crippen molar-refractivity contribution in [2.24, 2.45) is 0 Å². The molecular weight excluding hydrogens is 298 g/mol. The number of nitrogens with zero attached hydrogens (tertiary/aromatic N) is 3. The molecule has 6 heteroatoms. The first kappa shape index (κ1) is 14.8. The van der Waals surface area contributed by atoms with Gasteiger partial charge in [-0.3, -0.25) is 5.10 Å². The minimum atomic E-state index is 0. The van der Waals surface area contributed by atoms with Crippen LogP contribution < -0.4 is 10.2 Å². The second-order valence-corrected chi connectivity index (χ2v) is 5.26. The Kier molecular flexibility index (Phi) is 4.27. The minimum Gasteiger partial charge on any atom is -0.368 e. The fourth-order valence-corrected chi connectivity index (χ4v) is 2.94. The van der Waals surface area contributed by atoms with Gasteiger partial charge in [0.25, 0.3) is 0 Å². The van der Waals surface area contributed by atoms with Crippen LogP contribution in [0.4, 0.5) is 5.69 Å². The van der Waals surface area contributed by atoms with Crippen LogP contribution in [-0.2, 0) is 0 Å². The van der Waals surface area contributed by atoms with E-state index >= 15 is 0 Å². The highest BCUT2D eigenvalue weighted by Crippen LogP contribution is 2.35. The molecule has 4 rings (SSSR count). The summed E-state index contributed by atoms with van der Waals surface area (Å²) in [4.78, 5) is 6.94. The van der Waals surface area contributed by atoms with Gasteiger partial charge in [-0.1, -0.05) is 30.3 Å². The summed E-state index contributed by atoms with van der Waals surface area (Å²) in [7, 11) is 0. The van der Waals surface area contributed by atoms with Crippen molar-refractivity contribution in [3.8, 4) is 11.1 Å². The molecule has 2 aromatic heterocycles. The lowest BCUT2D eigenvalue weighted by molar-refractivity contribution is 0.590. The summed E-state index contributed by atoms with van der Waals surface area (Å²) in [6, 6.07) is 10.4. The summed E-state index contributed by atoms with van der Waals surface area (Å²) in [5.74, 6) is 0. The smallest absolute Gasteiger partial charge is 0.157 e. The van der Waals surface area contributed by atoms with E-state index in [0.717, 1.165) is 37.2 Å². The van der Waals surface area contributed by atoms with Crippen LogP contribution in [0.3, 0.4) is 0 Å². The van der Waals surface area contributed by atoms with Gasteiger partial charge in [-0.15, -0.1) is 12.4 Å².